The largest absolute Gasteiger partial charge is 0.348 e. The predicted molar refractivity (Wildman–Crippen MR) is 129 cm³/mol. The molecule has 160 valence electrons. The summed E-state index contributed by atoms with van der Waals surface area (Å²) in [4.78, 5) is 13.2. The van der Waals surface area contributed by atoms with Crippen LogP contribution in [0.4, 0.5) is 0 Å². The number of nitrogens with zero attached hydrogens (tertiary/aromatic N) is 2. The van der Waals surface area contributed by atoms with Gasteiger partial charge in [0, 0.05) is 28.3 Å². The van der Waals surface area contributed by atoms with Gasteiger partial charge in [-0.1, -0.05) is 36.9 Å². The molecule has 0 aliphatic carbocycles. The maximum atomic E-state index is 13.2. The number of fused-ring (bicyclic) bond motifs is 10. The summed E-state index contributed by atoms with van der Waals surface area (Å²) in [6.45, 7) is 8.99. The van der Waals surface area contributed by atoms with Crippen LogP contribution in [-0.4, -0.2) is 15.0 Å². The van der Waals surface area contributed by atoms with E-state index in [9.17, 15) is 4.79 Å². The number of ether oxygens (including phenoxy) is 1. The van der Waals surface area contributed by atoms with Crippen LogP contribution in [0.15, 0.2) is 36.9 Å². The third-order valence-corrected chi connectivity index (χ3v) is 7.66. The van der Waals surface area contributed by atoms with Crippen LogP contribution in [0, 0.1) is 0 Å². The zero-order chi connectivity index (χ0) is 21.8. The lowest BCUT2D eigenvalue weighted by atomic mass is 9.96. The number of carbonyl (C=O) groups is 1. The lowest BCUT2D eigenvalue weighted by Gasteiger charge is -2.40. The summed E-state index contributed by atoms with van der Waals surface area (Å²) in [6.07, 6.45) is 9.10. The van der Waals surface area contributed by atoms with Gasteiger partial charge in [0.2, 0.25) is 0 Å². The summed E-state index contributed by atoms with van der Waals surface area (Å²) in [7, 11) is 0. The number of para-hydroxylation sites is 1. The Morgan fingerprint density at radius 1 is 1.25 bits per heavy atom. The summed E-state index contributed by atoms with van der Waals surface area (Å²) >= 11 is 0. The topological polar surface area (TPSA) is 48.2 Å². The van der Waals surface area contributed by atoms with Gasteiger partial charge in [-0.15, -0.1) is 0 Å². The fourth-order valence-corrected chi connectivity index (χ4v) is 6.54. The number of aromatic nitrogens is 2. The highest BCUT2D eigenvalue weighted by Crippen LogP contribution is 2.52. The molecule has 2 atom stereocenters. The molecule has 1 saturated heterocycles. The van der Waals surface area contributed by atoms with Crippen molar-refractivity contribution in [3.63, 3.8) is 0 Å². The van der Waals surface area contributed by atoms with Gasteiger partial charge in [-0.05, 0) is 50.8 Å². The average molecular weight is 424 g/mol. The van der Waals surface area contributed by atoms with Crippen molar-refractivity contribution < 1.29 is 9.53 Å². The van der Waals surface area contributed by atoms with Crippen molar-refractivity contribution in [3.05, 3.63) is 59.3 Å². The molecule has 2 aromatic heterocycles. The molecule has 0 radical (unpaired) electrons. The van der Waals surface area contributed by atoms with E-state index in [-0.39, 0.29) is 12.1 Å². The molecule has 5 heteroatoms. The first-order chi connectivity index (χ1) is 15.6. The first-order valence-corrected chi connectivity index (χ1v) is 11.5. The Hall–Kier alpha value is -3.31. The van der Waals surface area contributed by atoms with Gasteiger partial charge in [0.15, 0.2) is 0 Å². The third-order valence-electron chi connectivity index (χ3n) is 7.66. The van der Waals surface area contributed by atoms with Crippen LogP contribution in [-0.2, 0) is 17.0 Å². The first kappa shape index (κ1) is 18.3. The average Bonchev–Trinajstić information content (AvgIpc) is 3.42. The molecule has 0 unspecified atom stereocenters. The monoisotopic (exact) mass is 423 g/mol. The maximum Gasteiger partial charge on any atom is 0.252 e. The Labute approximate surface area is 185 Å². The Bertz CT molecular complexity index is 1550. The molecule has 2 bridgehead atoms. The Morgan fingerprint density at radius 3 is 2.91 bits per heavy atom. The minimum Gasteiger partial charge on any atom is -0.348 e. The number of carbonyl (C=O) groups excluding carboxylic acids is 1. The molecule has 32 heavy (non-hydrogen) atoms. The highest BCUT2D eigenvalue weighted by molar-refractivity contribution is 6.28. The SMILES string of the molecule is C=Cc1c(/C=C\C)c2c3c(c4c5ccccc5n5c4c2n1[C@]1(C)CCC[C@H]5O1)C(=O)NC3. The second-order valence-corrected chi connectivity index (χ2v) is 9.35. The van der Waals surface area contributed by atoms with Gasteiger partial charge in [0.25, 0.3) is 5.91 Å². The molecule has 4 aromatic rings. The van der Waals surface area contributed by atoms with Crippen molar-refractivity contribution in [2.24, 2.45) is 0 Å². The predicted octanol–water partition coefficient (Wildman–Crippen LogP) is 6.05. The molecule has 2 aromatic carbocycles. The number of benzene rings is 2. The van der Waals surface area contributed by atoms with Crippen molar-refractivity contribution >= 4 is 50.8 Å². The van der Waals surface area contributed by atoms with Gasteiger partial charge in [0.1, 0.15) is 12.0 Å². The quantitative estimate of drug-likeness (QED) is 0.426. The van der Waals surface area contributed by atoms with Crippen LogP contribution in [0.5, 0.6) is 0 Å². The van der Waals surface area contributed by atoms with Crippen LogP contribution in [0.2, 0.25) is 0 Å². The van der Waals surface area contributed by atoms with E-state index < -0.39 is 5.72 Å². The van der Waals surface area contributed by atoms with E-state index >= 15 is 0 Å². The third kappa shape index (κ3) is 1.92. The summed E-state index contributed by atoms with van der Waals surface area (Å²) < 4.78 is 11.7. The summed E-state index contributed by atoms with van der Waals surface area (Å²) in [5.74, 6) is 0.0171. The normalized spacial score (nSPS) is 24.1. The van der Waals surface area contributed by atoms with Crippen LogP contribution in [0.1, 0.15) is 66.5 Å². The van der Waals surface area contributed by atoms with E-state index in [2.05, 4.69) is 64.4 Å². The lowest BCUT2D eigenvalue weighted by Crippen LogP contribution is -2.38. The number of amides is 1. The number of nitrogens with one attached hydrogen (secondary N) is 1. The van der Waals surface area contributed by atoms with Gasteiger partial charge in [-0.3, -0.25) is 4.79 Å². The number of rotatable bonds is 2. The van der Waals surface area contributed by atoms with Crippen LogP contribution >= 0.6 is 0 Å². The van der Waals surface area contributed by atoms with Crippen molar-refractivity contribution in [2.75, 3.05) is 0 Å². The zero-order valence-corrected chi connectivity index (χ0v) is 18.4. The summed E-state index contributed by atoms with van der Waals surface area (Å²) in [5.41, 5.74) is 7.05. The van der Waals surface area contributed by atoms with Gasteiger partial charge in [-0.2, -0.15) is 0 Å². The summed E-state index contributed by atoms with van der Waals surface area (Å²) in [5, 5.41) is 6.45. The van der Waals surface area contributed by atoms with Crippen molar-refractivity contribution in [1.29, 1.82) is 0 Å². The van der Waals surface area contributed by atoms with Crippen molar-refractivity contribution in [1.82, 2.24) is 14.5 Å². The number of hydrogen-bond donors (Lipinski definition) is 1. The Kier molecular flexibility index (Phi) is 3.39. The Morgan fingerprint density at radius 2 is 2.09 bits per heavy atom. The number of hydrogen-bond acceptors (Lipinski definition) is 2. The minimum absolute atomic E-state index is 0.0171. The van der Waals surface area contributed by atoms with E-state index in [0.29, 0.717) is 6.54 Å². The molecule has 3 aliphatic rings. The van der Waals surface area contributed by atoms with E-state index in [1.54, 1.807) is 0 Å². The molecule has 1 fully saturated rings. The molecule has 5 heterocycles. The molecule has 3 aliphatic heterocycles. The van der Waals surface area contributed by atoms with E-state index in [4.69, 9.17) is 4.74 Å². The molecule has 0 spiro atoms. The lowest BCUT2D eigenvalue weighted by molar-refractivity contribution is -0.188. The molecule has 1 N–H and O–H groups in total. The van der Waals surface area contributed by atoms with Crippen LogP contribution < -0.4 is 5.32 Å². The van der Waals surface area contributed by atoms with Crippen LogP contribution in [0.25, 0.3) is 44.9 Å². The molecular weight excluding hydrogens is 398 g/mol. The maximum absolute atomic E-state index is 13.2. The second-order valence-electron chi connectivity index (χ2n) is 9.35. The van der Waals surface area contributed by atoms with Crippen molar-refractivity contribution in [3.8, 4) is 0 Å². The molecule has 0 saturated carbocycles. The fraction of sp³-hybridized carbons (Fsp3) is 0.296. The van der Waals surface area contributed by atoms with E-state index in [1.165, 1.54) is 5.52 Å². The van der Waals surface area contributed by atoms with E-state index in [1.807, 2.05) is 13.0 Å². The minimum atomic E-state index is -0.470. The smallest absolute Gasteiger partial charge is 0.252 e. The van der Waals surface area contributed by atoms with E-state index in [0.717, 1.165) is 68.8 Å². The fourth-order valence-electron chi connectivity index (χ4n) is 6.54. The highest BCUT2D eigenvalue weighted by Gasteiger charge is 2.44. The zero-order valence-electron chi connectivity index (χ0n) is 18.4. The Balaban J connectivity index is 1.88. The molecule has 7 rings (SSSR count). The van der Waals surface area contributed by atoms with Crippen LogP contribution in [0.3, 0.4) is 0 Å². The van der Waals surface area contributed by atoms with Gasteiger partial charge in [-0.25, -0.2) is 0 Å². The van der Waals surface area contributed by atoms with Gasteiger partial charge >= 0.3 is 0 Å². The van der Waals surface area contributed by atoms with Crippen molar-refractivity contribution in [2.45, 2.75) is 51.6 Å². The van der Waals surface area contributed by atoms with Gasteiger partial charge < -0.3 is 19.2 Å². The first-order valence-electron chi connectivity index (χ1n) is 11.5. The number of allylic oxidation sites excluding steroid dienone is 1. The highest BCUT2D eigenvalue weighted by atomic mass is 16.5. The molecule has 5 nitrogen and oxygen atoms in total. The second kappa shape index (κ2) is 5.93. The standard InChI is InChI=1S/C27H25N3O2/c1-4-9-15-18(5-2)30-25-21(15)17-14-28-26(31)23(17)22-16-10-6-7-11-19(16)29(24(22)25)20-12-8-13-27(30,3)32-20/h4-7,9-11,20H,2,8,12-14H2,1,3H3,(H,28,31)/b9-4-/t20-,27+/m1/s1. The van der Waals surface area contributed by atoms with Gasteiger partial charge in [0.05, 0.1) is 27.8 Å². The molecular formula is C27H25N3O2. The molecule has 1 amide bonds. The summed E-state index contributed by atoms with van der Waals surface area (Å²) in [6, 6.07) is 8.45.